The van der Waals surface area contributed by atoms with Gasteiger partial charge >= 0.3 is 0 Å². The van der Waals surface area contributed by atoms with Gasteiger partial charge in [-0.25, -0.2) is 0 Å². The molecule has 8 unspecified atom stereocenters. The van der Waals surface area contributed by atoms with E-state index in [1.165, 1.54) is 6.42 Å². The van der Waals surface area contributed by atoms with Crippen LogP contribution in [0.2, 0.25) is 0 Å². The quantitative estimate of drug-likeness (QED) is 0.153. The zero-order valence-electron chi connectivity index (χ0n) is 26.8. The molecule has 0 aromatic heterocycles. The lowest BCUT2D eigenvalue weighted by Crippen LogP contribution is -2.73. The van der Waals surface area contributed by atoms with Crippen molar-refractivity contribution in [1.29, 1.82) is 0 Å². The van der Waals surface area contributed by atoms with E-state index in [1.807, 2.05) is 4.90 Å². The van der Waals surface area contributed by atoms with Crippen molar-refractivity contribution in [3.05, 3.63) is 0 Å². The van der Waals surface area contributed by atoms with Crippen molar-refractivity contribution in [2.75, 3.05) is 72.2 Å². The Balaban J connectivity index is 0.937. The average Bonchev–Trinajstić information content (AvgIpc) is 3.55. The summed E-state index contributed by atoms with van der Waals surface area (Å²) in [5.74, 6) is 0.943. The highest BCUT2D eigenvalue weighted by molar-refractivity contribution is 6.21. The number of ether oxygens (including phenoxy) is 2. The fourth-order valence-corrected chi connectivity index (χ4v) is 8.65. The molecular formula is C31H55ClN8O5. The molecule has 14 heteroatoms. The summed E-state index contributed by atoms with van der Waals surface area (Å²) in [4.78, 5) is 31.6. The summed E-state index contributed by atoms with van der Waals surface area (Å²) in [5.41, 5.74) is 0. The first-order valence-electron chi connectivity index (χ1n) is 17.4. The lowest BCUT2D eigenvalue weighted by atomic mass is 9.73. The Labute approximate surface area is 272 Å². The molecule has 45 heavy (non-hydrogen) atoms. The van der Waals surface area contributed by atoms with E-state index in [2.05, 4.69) is 36.4 Å². The van der Waals surface area contributed by atoms with Crippen LogP contribution in [0.25, 0.3) is 0 Å². The van der Waals surface area contributed by atoms with Crippen molar-refractivity contribution in [2.45, 2.75) is 100 Å². The number of likely N-dealkylation sites (tertiary alicyclic amines) is 3. The number of carbonyl (C=O) groups is 2. The van der Waals surface area contributed by atoms with E-state index >= 15 is 0 Å². The molecule has 1 aliphatic carbocycles. The van der Waals surface area contributed by atoms with Crippen LogP contribution in [-0.4, -0.2) is 152 Å². The zero-order chi connectivity index (χ0) is 31.3. The molecule has 0 aromatic carbocycles. The van der Waals surface area contributed by atoms with Crippen molar-refractivity contribution in [1.82, 2.24) is 41.3 Å². The van der Waals surface area contributed by atoms with Crippen LogP contribution in [0.5, 0.6) is 0 Å². The number of nitrogens with zero attached hydrogens (tertiary/aromatic N) is 3. The molecule has 0 aromatic rings. The number of carbonyl (C=O) groups excluding carboxylic acids is 2. The number of nitrogens with one attached hydrogen (secondary N) is 5. The maximum absolute atomic E-state index is 13.4. The van der Waals surface area contributed by atoms with Crippen LogP contribution in [0.1, 0.15) is 51.9 Å². The Morgan fingerprint density at radius 3 is 2.67 bits per heavy atom. The predicted molar refractivity (Wildman–Crippen MR) is 170 cm³/mol. The predicted octanol–water partition coefficient (Wildman–Crippen LogP) is -0.999. The second-order valence-corrected chi connectivity index (χ2v) is 14.6. The molecule has 1 saturated carbocycles. The van der Waals surface area contributed by atoms with Crippen LogP contribution >= 0.6 is 11.6 Å². The lowest BCUT2D eigenvalue weighted by Gasteiger charge is -2.47. The molecule has 256 valence electrons. The monoisotopic (exact) mass is 654 g/mol. The van der Waals surface area contributed by atoms with E-state index in [-0.39, 0.29) is 60.5 Å². The molecule has 6 fully saturated rings. The number of aliphatic hydroxyl groups excluding tert-OH is 1. The molecule has 0 radical (unpaired) electrons. The average molecular weight is 655 g/mol. The van der Waals surface area contributed by atoms with Gasteiger partial charge in [-0.3, -0.25) is 35.8 Å². The van der Waals surface area contributed by atoms with Crippen molar-refractivity contribution in [3.8, 4) is 0 Å². The summed E-state index contributed by atoms with van der Waals surface area (Å²) in [5, 5.41) is 28.0. The van der Waals surface area contributed by atoms with Crippen molar-refractivity contribution < 1.29 is 24.2 Å². The Morgan fingerprint density at radius 2 is 1.91 bits per heavy atom. The van der Waals surface area contributed by atoms with Crippen LogP contribution < -0.4 is 26.6 Å². The first kappa shape index (κ1) is 33.8. The fraction of sp³-hybridized carbons (Fsp3) is 0.935. The summed E-state index contributed by atoms with van der Waals surface area (Å²) in [6, 6.07) is -0.154. The summed E-state index contributed by atoms with van der Waals surface area (Å²) in [6.07, 6.45) is 6.57. The minimum absolute atomic E-state index is 0.00593. The van der Waals surface area contributed by atoms with Gasteiger partial charge in [0.1, 0.15) is 6.29 Å². The van der Waals surface area contributed by atoms with E-state index in [1.54, 1.807) is 6.92 Å². The van der Waals surface area contributed by atoms with Gasteiger partial charge in [0.05, 0.1) is 49.2 Å². The Morgan fingerprint density at radius 1 is 1.09 bits per heavy atom. The minimum atomic E-state index is -0.641. The molecule has 13 nitrogen and oxygen atoms in total. The van der Waals surface area contributed by atoms with Gasteiger partial charge in [-0.2, -0.15) is 0 Å². The van der Waals surface area contributed by atoms with Gasteiger partial charge in [0.15, 0.2) is 0 Å². The maximum Gasteiger partial charge on any atom is 0.237 e. The number of hydrogen-bond donors (Lipinski definition) is 6. The number of halogens is 1. The van der Waals surface area contributed by atoms with Crippen molar-refractivity contribution in [2.24, 2.45) is 11.8 Å². The Bertz CT molecular complexity index is 982. The normalized spacial score (nSPS) is 37.5. The number of alkyl halides is 1. The van der Waals surface area contributed by atoms with Crippen LogP contribution in [0.15, 0.2) is 0 Å². The van der Waals surface area contributed by atoms with Crippen LogP contribution in [0, 0.1) is 11.8 Å². The maximum atomic E-state index is 13.4. The first-order valence-corrected chi connectivity index (χ1v) is 17.8. The number of amides is 2. The van der Waals surface area contributed by atoms with Gasteiger partial charge < -0.3 is 29.7 Å². The number of hydrogen-bond acceptors (Lipinski definition) is 11. The largest absolute Gasteiger partial charge is 0.390 e. The smallest absolute Gasteiger partial charge is 0.237 e. The molecule has 5 heterocycles. The van der Waals surface area contributed by atoms with E-state index in [4.69, 9.17) is 21.1 Å². The summed E-state index contributed by atoms with van der Waals surface area (Å²) >= 11 is 6.95. The number of piperidine rings is 2. The number of fused-ring (bicyclic) bond motifs is 1. The SMILES string of the molecule is CC(=O)N1CC(NC2CC(C(=O)NC[C@H](O)CN3CCC4C(CCC(OCC5CNCO5)C4Cl)C3)NC(N3CCCCC3)N2)C1. The molecule has 5 saturated heterocycles. The van der Waals surface area contributed by atoms with Crippen LogP contribution in [0.3, 0.4) is 0 Å². The zero-order valence-corrected chi connectivity index (χ0v) is 27.6. The lowest BCUT2D eigenvalue weighted by molar-refractivity contribution is -0.133. The van der Waals surface area contributed by atoms with E-state index in [9.17, 15) is 14.7 Å². The summed E-state index contributed by atoms with van der Waals surface area (Å²) in [7, 11) is 0. The highest BCUT2D eigenvalue weighted by Crippen LogP contribution is 2.40. The topological polar surface area (TPSA) is 143 Å². The molecule has 9 atom stereocenters. The third kappa shape index (κ3) is 8.87. The summed E-state index contributed by atoms with van der Waals surface area (Å²) < 4.78 is 11.8. The standard InChI is InChI=1S/C31H55ClN8O5/c1-20(41)40-15-22(16-40)35-28-11-26(36-31(37-28)39-8-3-2-4-9-39)30(43)34-12-23(42)17-38-10-7-25-21(14-38)5-6-27(29(25)32)44-18-24-13-33-19-45-24/h21-29,31,33,35-37,42H,2-19H2,1H3,(H,34,43)/t21?,23-,24?,25?,26?,27?,28?,29?,31?/m0/s1. The van der Waals surface area contributed by atoms with Gasteiger partial charge in [0.2, 0.25) is 11.8 Å². The first-order chi connectivity index (χ1) is 21.8. The summed E-state index contributed by atoms with van der Waals surface area (Å²) in [6.45, 7) is 9.58. The van der Waals surface area contributed by atoms with Gasteiger partial charge in [-0.1, -0.05) is 6.42 Å². The third-order valence-corrected chi connectivity index (χ3v) is 11.4. The number of aliphatic hydroxyl groups is 1. The van der Waals surface area contributed by atoms with Gasteiger partial charge in [0.25, 0.3) is 0 Å². The molecule has 6 N–H and O–H groups in total. The second-order valence-electron chi connectivity index (χ2n) is 14.1. The third-order valence-electron chi connectivity index (χ3n) is 10.8. The van der Waals surface area contributed by atoms with Crippen molar-refractivity contribution in [3.63, 3.8) is 0 Å². The Hall–Kier alpha value is -1.13. The molecule has 2 amide bonds. The van der Waals surface area contributed by atoms with Gasteiger partial charge in [-0.05, 0) is 50.5 Å². The van der Waals surface area contributed by atoms with E-state index in [0.717, 1.165) is 64.8 Å². The highest BCUT2D eigenvalue weighted by Gasteiger charge is 2.43. The molecule has 0 bridgehead atoms. The molecule has 6 aliphatic rings. The highest BCUT2D eigenvalue weighted by atomic mass is 35.5. The number of β-amino-alcohol motifs (C(OH)–C–C–N with tert-alkyl or cyclic N) is 1. The second kappa shape index (κ2) is 15.8. The number of rotatable bonds is 11. The molecule has 6 rings (SSSR count). The van der Waals surface area contributed by atoms with Crippen LogP contribution in [0.4, 0.5) is 0 Å². The van der Waals surface area contributed by atoms with E-state index in [0.29, 0.717) is 51.2 Å². The van der Waals surface area contributed by atoms with Crippen LogP contribution in [-0.2, 0) is 19.1 Å². The Kier molecular flexibility index (Phi) is 11.9. The minimum Gasteiger partial charge on any atom is -0.390 e. The molecular weight excluding hydrogens is 600 g/mol. The molecule has 0 spiro atoms. The van der Waals surface area contributed by atoms with Gasteiger partial charge in [-0.15, -0.1) is 11.6 Å². The van der Waals surface area contributed by atoms with E-state index < -0.39 is 6.10 Å². The molecule has 5 aliphatic heterocycles. The van der Waals surface area contributed by atoms with Crippen molar-refractivity contribution >= 4 is 23.4 Å². The van der Waals surface area contributed by atoms with Gasteiger partial charge in [0, 0.05) is 71.7 Å². The fourth-order valence-electron chi connectivity index (χ4n) is 8.12.